The molecule has 0 unspecified atom stereocenters. The van der Waals surface area contributed by atoms with Gasteiger partial charge in [0.15, 0.2) is 0 Å². The minimum absolute atomic E-state index is 0.281. The summed E-state index contributed by atoms with van der Waals surface area (Å²) >= 11 is 0. The number of aromatic nitrogens is 2. The molecule has 0 spiro atoms. The average Bonchev–Trinajstić information content (AvgIpc) is 3.33. The number of rotatable bonds is 6. The lowest BCUT2D eigenvalue weighted by atomic mass is 10.0. The molecule has 37 heavy (non-hydrogen) atoms. The highest BCUT2D eigenvalue weighted by Crippen LogP contribution is 2.35. The van der Waals surface area contributed by atoms with Crippen LogP contribution in [0.5, 0.6) is 5.75 Å². The molecule has 1 saturated heterocycles. The maximum Gasteiger partial charge on any atom is 0.225 e. The summed E-state index contributed by atoms with van der Waals surface area (Å²) < 4.78 is 13.3. The number of furan rings is 1. The highest BCUT2D eigenvalue weighted by Gasteiger charge is 2.36. The fourth-order valence-electron chi connectivity index (χ4n) is 5.63. The number of nitrogens with zero attached hydrogens (tertiary/aromatic N) is 3. The molecule has 5 aromatic rings. The second kappa shape index (κ2) is 8.80. The average molecular weight is 492 g/mol. The second-order valence-electron chi connectivity index (χ2n) is 10.4. The number of likely N-dealkylation sites (tertiary alicyclic amines) is 1. The Balaban J connectivity index is 1.22. The van der Waals surface area contributed by atoms with Crippen LogP contribution in [0.2, 0.25) is 0 Å². The van der Waals surface area contributed by atoms with Gasteiger partial charge < -0.3 is 18.6 Å². The lowest BCUT2D eigenvalue weighted by molar-refractivity contribution is -0.131. The number of imidazole rings is 1. The van der Waals surface area contributed by atoms with Crippen LogP contribution in [-0.2, 0) is 11.3 Å². The van der Waals surface area contributed by atoms with Crippen LogP contribution in [0.1, 0.15) is 19.3 Å². The number of carbonyl (C=O) groups is 1. The van der Waals surface area contributed by atoms with Crippen molar-refractivity contribution in [3.63, 3.8) is 0 Å². The van der Waals surface area contributed by atoms with Crippen molar-refractivity contribution in [2.75, 3.05) is 20.2 Å². The maximum absolute atomic E-state index is 12.6. The number of carbonyl (C=O) groups excluding carboxylic acids is 1. The van der Waals surface area contributed by atoms with Crippen LogP contribution in [0.4, 0.5) is 0 Å². The van der Waals surface area contributed by atoms with Gasteiger partial charge in [-0.15, -0.1) is 0 Å². The Kier molecular flexibility index (Phi) is 5.27. The van der Waals surface area contributed by atoms with E-state index in [1.165, 1.54) is 0 Å². The highest BCUT2D eigenvalue weighted by atomic mass is 16.5. The molecular weight excluding hydrogens is 462 g/mol. The van der Waals surface area contributed by atoms with Crippen molar-refractivity contribution in [2.24, 2.45) is 11.8 Å². The fourth-order valence-corrected chi connectivity index (χ4v) is 5.63. The van der Waals surface area contributed by atoms with Crippen LogP contribution in [0.15, 0.2) is 77.4 Å². The van der Waals surface area contributed by atoms with Gasteiger partial charge in [0.25, 0.3) is 0 Å². The van der Waals surface area contributed by atoms with Crippen LogP contribution < -0.4 is 4.74 Å². The normalized spacial score (nSPS) is 17.6. The van der Waals surface area contributed by atoms with Gasteiger partial charge in [0.05, 0.1) is 24.4 Å². The van der Waals surface area contributed by atoms with Crippen molar-refractivity contribution >= 4 is 27.9 Å². The minimum Gasteiger partial charge on any atom is -0.497 e. The van der Waals surface area contributed by atoms with E-state index in [4.69, 9.17) is 14.1 Å². The first-order valence-corrected chi connectivity index (χ1v) is 13.1. The van der Waals surface area contributed by atoms with Crippen molar-refractivity contribution < 1.29 is 13.9 Å². The van der Waals surface area contributed by atoms with Gasteiger partial charge in [0, 0.05) is 42.6 Å². The highest BCUT2D eigenvalue weighted by molar-refractivity contribution is 5.85. The van der Waals surface area contributed by atoms with E-state index in [9.17, 15) is 4.79 Å². The summed E-state index contributed by atoms with van der Waals surface area (Å²) in [6, 6.07) is 23.0. The monoisotopic (exact) mass is 491 g/mol. The Hall–Kier alpha value is -4.06. The molecule has 1 atom stereocenters. The van der Waals surface area contributed by atoms with Crippen LogP contribution in [0.25, 0.3) is 44.5 Å². The van der Waals surface area contributed by atoms with Crippen molar-refractivity contribution in [3.05, 3.63) is 73.0 Å². The van der Waals surface area contributed by atoms with Crippen molar-refractivity contribution in [3.8, 4) is 28.3 Å². The number of ether oxygens (including phenoxy) is 1. The zero-order valence-electron chi connectivity index (χ0n) is 20.9. The molecule has 1 aliphatic carbocycles. The van der Waals surface area contributed by atoms with Crippen LogP contribution in [0.3, 0.4) is 0 Å². The molecule has 186 valence electrons. The van der Waals surface area contributed by atoms with Gasteiger partial charge in [-0.1, -0.05) is 30.3 Å². The van der Waals surface area contributed by atoms with Gasteiger partial charge in [0.2, 0.25) is 5.91 Å². The molecular formula is C31H29N3O3. The molecule has 6 heteroatoms. The summed E-state index contributed by atoms with van der Waals surface area (Å²) in [4.78, 5) is 19.8. The first-order chi connectivity index (χ1) is 18.2. The third kappa shape index (κ3) is 4.06. The Bertz CT molecular complexity index is 1610. The molecule has 2 aromatic heterocycles. The predicted molar refractivity (Wildman–Crippen MR) is 144 cm³/mol. The van der Waals surface area contributed by atoms with Gasteiger partial charge in [0.1, 0.15) is 17.2 Å². The maximum atomic E-state index is 12.6. The number of hydrogen-bond acceptors (Lipinski definition) is 4. The number of fused-ring (bicyclic) bond motifs is 2. The smallest absolute Gasteiger partial charge is 0.225 e. The summed E-state index contributed by atoms with van der Waals surface area (Å²) in [6.45, 7) is 2.54. The summed E-state index contributed by atoms with van der Waals surface area (Å²) in [5.74, 6) is 2.81. The summed E-state index contributed by atoms with van der Waals surface area (Å²) in [6.07, 6.45) is 4.87. The Morgan fingerprint density at radius 1 is 0.973 bits per heavy atom. The molecule has 2 aliphatic rings. The van der Waals surface area contributed by atoms with Gasteiger partial charge >= 0.3 is 0 Å². The predicted octanol–water partition coefficient (Wildman–Crippen LogP) is 6.38. The lowest BCUT2D eigenvalue weighted by Crippen LogP contribution is -2.30. The Morgan fingerprint density at radius 2 is 1.78 bits per heavy atom. The van der Waals surface area contributed by atoms with E-state index in [1.807, 2.05) is 24.3 Å². The number of benzene rings is 3. The number of methoxy groups -OCH3 is 1. The molecule has 0 N–H and O–H groups in total. The zero-order chi connectivity index (χ0) is 24.9. The standard InChI is InChI=1S/C31H29N3O3/c1-36-26-9-10-28-27(17-26)32-30(34(28)19-20-12-14-33(18-20)31(35)23-6-7-23)22-4-2-21(3-5-22)24-8-11-29-25(16-24)13-15-37-29/h2-5,8-11,13,15-17,20,23H,6-7,12,14,18-19H2,1H3/t20-/m0/s1. The second-order valence-corrected chi connectivity index (χ2v) is 10.4. The molecule has 0 bridgehead atoms. The van der Waals surface area contributed by atoms with E-state index in [0.717, 1.165) is 89.2 Å². The van der Waals surface area contributed by atoms with Crippen LogP contribution in [-0.4, -0.2) is 40.6 Å². The molecule has 1 aliphatic heterocycles. The van der Waals surface area contributed by atoms with E-state index < -0.39 is 0 Å². The van der Waals surface area contributed by atoms with Gasteiger partial charge in [-0.25, -0.2) is 4.98 Å². The zero-order valence-corrected chi connectivity index (χ0v) is 20.9. The number of amides is 1. The molecule has 3 aromatic carbocycles. The van der Waals surface area contributed by atoms with Crippen molar-refractivity contribution in [2.45, 2.75) is 25.8 Å². The van der Waals surface area contributed by atoms with Crippen molar-refractivity contribution in [1.29, 1.82) is 0 Å². The third-order valence-corrected chi connectivity index (χ3v) is 7.85. The third-order valence-electron chi connectivity index (χ3n) is 7.85. The minimum atomic E-state index is 0.281. The molecule has 1 amide bonds. The summed E-state index contributed by atoms with van der Waals surface area (Å²) in [7, 11) is 1.68. The van der Waals surface area contributed by atoms with Gasteiger partial charge in [-0.05, 0) is 66.6 Å². The quantitative estimate of drug-likeness (QED) is 0.276. The molecule has 3 heterocycles. The van der Waals surface area contributed by atoms with Crippen LogP contribution >= 0.6 is 0 Å². The summed E-state index contributed by atoms with van der Waals surface area (Å²) in [5, 5.41) is 1.10. The SMILES string of the molecule is COc1ccc2c(c1)nc(-c1ccc(-c3ccc4occc4c3)cc1)n2C[C@H]1CCN(C(=O)C2CC2)C1. The van der Waals surface area contributed by atoms with Crippen LogP contribution in [0, 0.1) is 11.8 Å². The summed E-state index contributed by atoms with van der Waals surface area (Å²) in [5.41, 5.74) is 6.30. The Labute approximate surface area is 215 Å². The Morgan fingerprint density at radius 3 is 2.59 bits per heavy atom. The first-order valence-electron chi connectivity index (χ1n) is 13.1. The molecule has 0 radical (unpaired) electrons. The largest absolute Gasteiger partial charge is 0.497 e. The van der Waals surface area contributed by atoms with Crippen molar-refractivity contribution in [1.82, 2.24) is 14.5 Å². The fraction of sp³-hybridized carbons (Fsp3) is 0.290. The number of hydrogen-bond donors (Lipinski definition) is 0. The topological polar surface area (TPSA) is 60.5 Å². The molecule has 7 rings (SSSR count). The molecule has 6 nitrogen and oxygen atoms in total. The van der Waals surface area contributed by atoms with E-state index in [-0.39, 0.29) is 5.92 Å². The van der Waals surface area contributed by atoms with E-state index in [0.29, 0.717) is 11.8 Å². The lowest BCUT2D eigenvalue weighted by Gasteiger charge is -2.18. The van der Waals surface area contributed by atoms with Gasteiger partial charge in [-0.3, -0.25) is 4.79 Å². The molecule has 1 saturated carbocycles. The van der Waals surface area contributed by atoms with Gasteiger partial charge in [-0.2, -0.15) is 0 Å². The van der Waals surface area contributed by atoms with E-state index in [1.54, 1.807) is 13.4 Å². The van der Waals surface area contributed by atoms with E-state index >= 15 is 0 Å². The molecule has 2 fully saturated rings. The van der Waals surface area contributed by atoms with E-state index in [2.05, 4.69) is 51.9 Å². The first kappa shape index (κ1) is 22.2.